The van der Waals surface area contributed by atoms with Crippen LogP contribution in [0.25, 0.3) is 0 Å². The molecule has 4 nitrogen and oxygen atoms in total. The van der Waals surface area contributed by atoms with Gasteiger partial charge in [0.25, 0.3) is 0 Å². The molecule has 1 aliphatic rings. The average Bonchev–Trinajstić information content (AvgIpc) is 2.21. The molecule has 0 aromatic heterocycles. The highest BCUT2D eigenvalue weighted by molar-refractivity contribution is 5.67. The molecule has 0 atom stereocenters. The van der Waals surface area contributed by atoms with Crippen LogP contribution in [0.1, 0.15) is 13.8 Å². The van der Waals surface area contributed by atoms with E-state index in [4.69, 9.17) is 4.74 Å². The van der Waals surface area contributed by atoms with Gasteiger partial charge in [0.05, 0.1) is 6.10 Å². The number of carbonyl (C=O) groups is 1. The van der Waals surface area contributed by atoms with Gasteiger partial charge in [-0.15, -0.1) is 13.2 Å². The van der Waals surface area contributed by atoms with Crippen molar-refractivity contribution in [1.29, 1.82) is 0 Å². The lowest BCUT2D eigenvalue weighted by molar-refractivity contribution is 0.0732. The van der Waals surface area contributed by atoms with Gasteiger partial charge in [-0.3, -0.25) is 0 Å². The molecule has 4 heteroatoms. The van der Waals surface area contributed by atoms with E-state index in [1.165, 1.54) is 0 Å². The van der Waals surface area contributed by atoms with Crippen molar-refractivity contribution >= 4 is 6.09 Å². The highest BCUT2D eigenvalue weighted by atomic mass is 16.6. The summed E-state index contributed by atoms with van der Waals surface area (Å²) in [7, 11) is 0. The van der Waals surface area contributed by atoms with Gasteiger partial charge in [0.15, 0.2) is 0 Å². The van der Waals surface area contributed by atoms with Gasteiger partial charge in [-0.05, 0) is 13.8 Å². The Balaban J connectivity index is 0.000000791. The first-order valence-corrected chi connectivity index (χ1v) is 4.86. The molecular formula is C10H20N2O2. The Hall–Kier alpha value is -1.03. The van der Waals surface area contributed by atoms with Crippen molar-refractivity contribution in [3.63, 3.8) is 0 Å². The maximum absolute atomic E-state index is 11.3. The minimum absolute atomic E-state index is 0.0209. The second kappa shape index (κ2) is 7.38. The van der Waals surface area contributed by atoms with Crippen molar-refractivity contribution in [2.75, 3.05) is 26.2 Å². The minimum Gasteiger partial charge on any atom is -0.447 e. The predicted octanol–water partition coefficient (Wildman–Crippen LogP) is 1.24. The lowest BCUT2D eigenvalue weighted by Gasteiger charge is -2.27. The topological polar surface area (TPSA) is 41.6 Å². The summed E-state index contributed by atoms with van der Waals surface area (Å²) in [5, 5.41) is 3.17. The monoisotopic (exact) mass is 200 g/mol. The normalized spacial score (nSPS) is 15.8. The molecule has 1 fully saturated rings. The summed E-state index contributed by atoms with van der Waals surface area (Å²) in [5.41, 5.74) is 0. The Morgan fingerprint density at radius 3 is 2.29 bits per heavy atom. The largest absolute Gasteiger partial charge is 0.447 e. The number of ether oxygens (including phenoxy) is 1. The molecule has 0 aromatic carbocycles. The van der Waals surface area contributed by atoms with Gasteiger partial charge in [-0.25, -0.2) is 4.79 Å². The van der Waals surface area contributed by atoms with E-state index in [9.17, 15) is 4.79 Å². The predicted molar refractivity (Wildman–Crippen MR) is 57.3 cm³/mol. The van der Waals surface area contributed by atoms with E-state index in [1.807, 2.05) is 13.8 Å². The second-order valence-corrected chi connectivity index (χ2v) is 3.17. The van der Waals surface area contributed by atoms with Gasteiger partial charge in [0.1, 0.15) is 0 Å². The maximum Gasteiger partial charge on any atom is 0.410 e. The number of carbonyl (C=O) groups excluding carboxylic acids is 1. The summed E-state index contributed by atoms with van der Waals surface area (Å²) >= 11 is 0. The van der Waals surface area contributed by atoms with Crippen LogP contribution in [0.2, 0.25) is 0 Å². The van der Waals surface area contributed by atoms with Gasteiger partial charge < -0.3 is 15.0 Å². The number of hydrogen-bond donors (Lipinski definition) is 1. The summed E-state index contributed by atoms with van der Waals surface area (Å²) in [6.07, 6.45) is -0.209. The zero-order chi connectivity index (χ0) is 11.0. The molecule has 82 valence electrons. The Morgan fingerprint density at radius 2 is 1.86 bits per heavy atom. The first-order valence-electron chi connectivity index (χ1n) is 4.86. The molecule has 1 N–H and O–H groups in total. The van der Waals surface area contributed by atoms with Crippen LogP contribution in [0.4, 0.5) is 4.79 Å². The summed E-state index contributed by atoms with van der Waals surface area (Å²) in [6, 6.07) is 0. The quantitative estimate of drug-likeness (QED) is 0.647. The van der Waals surface area contributed by atoms with Crippen LogP contribution >= 0.6 is 0 Å². The molecule has 14 heavy (non-hydrogen) atoms. The Bertz CT molecular complexity index is 166. The van der Waals surface area contributed by atoms with Crippen LogP contribution in [-0.2, 0) is 4.74 Å². The van der Waals surface area contributed by atoms with Crippen LogP contribution in [-0.4, -0.2) is 43.3 Å². The summed E-state index contributed by atoms with van der Waals surface area (Å²) in [5.74, 6) is 0. The van der Waals surface area contributed by atoms with Gasteiger partial charge in [0, 0.05) is 26.2 Å². The molecule has 0 unspecified atom stereocenters. The number of nitrogens with one attached hydrogen (secondary N) is 1. The molecule has 1 aliphatic heterocycles. The lowest BCUT2D eigenvalue weighted by Crippen LogP contribution is -2.47. The van der Waals surface area contributed by atoms with Crippen molar-refractivity contribution in [2.24, 2.45) is 0 Å². The maximum atomic E-state index is 11.3. The number of amides is 1. The van der Waals surface area contributed by atoms with E-state index in [1.54, 1.807) is 4.90 Å². The number of hydrogen-bond acceptors (Lipinski definition) is 3. The van der Waals surface area contributed by atoms with E-state index in [0.29, 0.717) is 0 Å². The first-order chi connectivity index (χ1) is 6.70. The standard InChI is InChI=1S/C8H16N2O2.C2H4/c1-7(2)12-8(11)10-5-3-9-4-6-10;1-2/h7,9H,3-6H2,1-2H3;1-2H2. The highest BCUT2D eigenvalue weighted by Gasteiger charge is 2.17. The number of piperazine rings is 1. The molecule has 0 saturated carbocycles. The molecular weight excluding hydrogens is 180 g/mol. The van der Waals surface area contributed by atoms with Crippen molar-refractivity contribution < 1.29 is 9.53 Å². The summed E-state index contributed by atoms with van der Waals surface area (Å²) in [6.45, 7) is 13.0. The molecule has 1 heterocycles. The minimum atomic E-state index is -0.188. The lowest BCUT2D eigenvalue weighted by atomic mass is 10.4. The third-order valence-electron chi connectivity index (χ3n) is 1.71. The third kappa shape index (κ3) is 4.87. The molecule has 1 rings (SSSR count). The molecule has 0 radical (unpaired) electrons. The fourth-order valence-corrected chi connectivity index (χ4v) is 1.12. The van der Waals surface area contributed by atoms with Gasteiger partial charge >= 0.3 is 6.09 Å². The fourth-order valence-electron chi connectivity index (χ4n) is 1.12. The van der Waals surface area contributed by atoms with Crippen molar-refractivity contribution in [2.45, 2.75) is 20.0 Å². The van der Waals surface area contributed by atoms with Gasteiger partial charge in [0.2, 0.25) is 0 Å². The number of rotatable bonds is 1. The SMILES string of the molecule is C=C.CC(C)OC(=O)N1CCNCC1. The van der Waals surface area contributed by atoms with Crippen LogP contribution in [0.5, 0.6) is 0 Å². The van der Waals surface area contributed by atoms with Crippen LogP contribution < -0.4 is 5.32 Å². The molecule has 0 aromatic rings. The van der Waals surface area contributed by atoms with Crippen molar-refractivity contribution in [1.82, 2.24) is 10.2 Å². The van der Waals surface area contributed by atoms with Crippen molar-refractivity contribution in [3.8, 4) is 0 Å². The molecule has 0 spiro atoms. The van der Waals surface area contributed by atoms with E-state index in [-0.39, 0.29) is 12.2 Å². The Morgan fingerprint density at radius 1 is 1.36 bits per heavy atom. The first kappa shape index (κ1) is 13.0. The van der Waals surface area contributed by atoms with Crippen LogP contribution in [0, 0.1) is 0 Å². The van der Waals surface area contributed by atoms with Crippen LogP contribution in [0.3, 0.4) is 0 Å². The average molecular weight is 200 g/mol. The summed E-state index contributed by atoms with van der Waals surface area (Å²) < 4.78 is 5.05. The zero-order valence-corrected chi connectivity index (χ0v) is 9.08. The molecule has 1 amide bonds. The summed E-state index contributed by atoms with van der Waals surface area (Å²) in [4.78, 5) is 13.0. The molecule has 0 aliphatic carbocycles. The van der Waals surface area contributed by atoms with Gasteiger partial charge in [-0.2, -0.15) is 0 Å². The zero-order valence-electron chi connectivity index (χ0n) is 9.08. The van der Waals surface area contributed by atoms with Gasteiger partial charge in [-0.1, -0.05) is 0 Å². The third-order valence-corrected chi connectivity index (χ3v) is 1.71. The smallest absolute Gasteiger partial charge is 0.410 e. The van der Waals surface area contributed by atoms with E-state index in [0.717, 1.165) is 26.2 Å². The van der Waals surface area contributed by atoms with Crippen LogP contribution in [0.15, 0.2) is 13.2 Å². The molecule has 0 bridgehead atoms. The van der Waals surface area contributed by atoms with E-state index < -0.39 is 0 Å². The van der Waals surface area contributed by atoms with Crippen molar-refractivity contribution in [3.05, 3.63) is 13.2 Å². The fraction of sp³-hybridized carbons (Fsp3) is 0.700. The van der Waals surface area contributed by atoms with E-state index >= 15 is 0 Å². The number of nitrogens with zero attached hydrogens (tertiary/aromatic N) is 1. The second-order valence-electron chi connectivity index (χ2n) is 3.17. The molecule has 1 saturated heterocycles. The van der Waals surface area contributed by atoms with E-state index in [2.05, 4.69) is 18.5 Å². The Labute approximate surface area is 85.9 Å². The highest BCUT2D eigenvalue weighted by Crippen LogP contribution is 1.99. The Kier molecular flexibility index (Phi) is 6.84.